The van der Waals surface area contributed by atoms with Gasteiger partial charge in [-0.2, -0.15) is 0 Å². The average molecular weight is 182 g/mol. The summed E-state index contributed by atoms with van der Waals surface area (Å²) >= 11 is 0. The van der Waals surface area contributed by atoms with E-state index in [1.165, 1.54) is 0 Å². The predicted octanol–water partition coefficient (Wildman–Crippen LogP) is 0.173. The Kier molecular flexibility index (Phi) is 2.29. The zero-order chi connectivity index (χ0) is 9.42. The molecule has 3 nitrogen and oxygen atoms in total. The van der Waals surface area contributed by atoms with Crippen molar-refractivity contribution in [2.24, 2.45) is 5.92 Å². The van der Waals surface area contributed by atoms with Crippen molar-refractivity contribution in [1.29, 1.82) is 0 Å². The first-order valence-corrected chi connectivity index (χ1v) is 4.63. The molecule has 0 amide bonds. The fraction of sp³-hybridized carbons (Fsp3) is 0.800. The first-order valence-electron chi connectivity index (χ1n) is 4.63. The minimum Gasteiger partial charge on any atom is -0.390 e. The van der Waals surface area contributed by atoms with Gasteiger partial charge in [0.05, 0.1) is 24.9 Å². The molecule has 2 bridgehead atoms. The molecule has 1 N–H and O–H groups in total. The lowest BCUT2D eigenvalue weighted by atomic mass is 9.97. The molecule has 2 fully saturated rings. The molecule has 0 radical (unpaired) electrons. The van der Waals surface area contributed by atoms with Gasteiger partial charge in [0.2, 0.25) is 0 Å². The van der Waals surface area contributed by atoms with Crippen LogP contribution in [-0.2, 0) is 9.47 Å². The third-order valence-electron chi connectivity index (χ3n) is 2.96. The SMILES string of the molecule is C#CC1OC2CC1OCC(O)C2C. The van der Waals surface area contributed by atoms with Crippen molar-refractivity contribution in [2.45, 2.75) is 37.8 Å². The lowest BCUT2D eigenvalue weighted by Crippen LogP contribution is -2.34. The highest BCUT2D eigenvalue weighted by Crippen LogP contribution is 2.32. The zero-order valence-corrected chi connectivity index (χ0v) is 7.64. The zero-order valence-electron chi connectivity index (χ0n) is 7.64. The second-order valence-electron chi connectivity index (χ2n) is 3.80. The number of terminal acetylenes is 1. The molecule has 13 heavy (non-hydrogen) atoms. The fourth-order valence-electron chi connectivity index (χ4n) is 1.95. The molecule has 5 atom stereocenters. The quantitative estimate of drug-likeness (QED) is 0.543. The highest BCUT2D eigenvalue weighted by molar-refractivity contribution is 5.05. The molecule has 0 aliphatic carbocycles. The number of aliphatic hydroxyl groups is 1. The van der Waals surface area contributed by atoms with E-state index in [0.29, 0.717) is 6.61 Å². The van der Waals surface area contributed by atoms with Gasteiger partial charge in [0.15, 0.2) is 0 Å². The minimum atomic E-state index is -0.422. The van der Waals surface area contributed by atoms with E-state index in [1.807, 2.05) is 6.92 Å². The smallest absolute Gasteiger partial charge is 0.144 e. The average Bonchev–Trinajstić information content (AvgIpc) is 2.49. The van der Waals surface area contributed by atoms with E-state index < -0.39 is 6.10 Å². The standard InChI is InChI=1S/C10H14O3/c1-3-8-10-4-9(13-8)6(2)7(11)5-12-10/h1,6-11H,4-5H2,2H3. The van der Waals surface area contributed by atoms with Crippen molar-refractivity contribution in [1.82, 2.24) is 0 Å². The summed E-state index contributed by atoms with van der Waals surface area (Å²) in [5.74, 6) is 2.68. The molecular formula is C10H14O3. The summed E-state index contributed by atoms with van der Waals surface area (Å²) in [6.45, 7) is 2.35. The van der Waals surface area contributed by atoms with E-state index in [0.717, 1.165) is 6.42 Å². The van der Waals surface area contributed by atoms with Crippen molar-refractivity contribution in [3.8, 4) is 12.3 Å². The van der Waals surface area contributed by atoms with E-state index in [4.69, 9.17) is 15.9 Å². The van der Waals surface area contributed by atoms with Gasteiger partial charge in [-0.1, -0.05) is 12.8 Å². The second-order valence-corrected chi connectivity index (χ2v) is 3.80. The lowest BCUT2D eigenvalue weighted by molar-refractivity contribution is -0.0857. The maximum absolute atomic E-state index is 9.58. The molecule has 0 aromatic rings. The Morgan fingerprint density at radius 2 is 2.23 bits per heavy atom. The van der Waals surface area contributed by atoms with Gasteiger partial charge in [0.1, 0.15) is 6.10 Å². The van der Waals surface area contributed by atoms with Crippen LogP contribution in [0, 0.1) is 18.3 Å². The minimum absolute atomic E-state index is 0.0189. The van der Waals surface area contributed by atoms with Gasteiger partial charge in [0.25, 0.3) is 0 Å². The van der Waals surface area contributed by atoms with Crippen LogP contribution in [0.3, 0.4) is 0 Å². The Bertz CT molecular complexity index is 233. The van der Waals surface area contributed by atoms with Gasteiger partial charge in [0, 0.05) is 12.3 Å². The molecule has 2 aliphatic rings. The van der Waals surface area contributed by atoms with Gasteiger partial charge in [-0.3, -0.25) is 0 Å². The number of hydrogen-bond acceptors (Lipinski definition) is 3. The van der Waals surface area contributed by atoms with Crippen LogP contribution in [0.4, 0.5) is 0 Å². The van der Waals surface area contributed by atoms with Gasteiger partial charge in [-0.15, -0.1) is 6.42 Å². The first kappa shape index (κ1) is 9.01. The molecule has 0 aromatic heterocycles. The highest BCUT2D eigenvalue weighted by atomic mass is 16.6. The van der Waals surface area contributed by atoms with Crippen LogP contribution in [-0.4, -0.2) is 36.1 Å². The van der Waals surface area contributed by atoms with Crippen molar-refractivity contribution in [2.75, 3.05) is 6.61 Å². The van der Waals surface area contributed by atoms with Crippen LogP contribution < -0.4 is 0 Å². The summed E-state index contributed by atoms with van der Waals surface area (Å²) in [6, 6.07) is 0. The van der Waals surface area contributed by atoms with Crippen LogP contribution in [0.5, 0.6) is 0 Å². The number of aliphatic hydroxyl groups excluding tert-OH is 1. The Morgan fingerprint density at radius 3 is 2.92 bits per heavy atom. The molecule has 3 heteroatoms. The van der Waals surface area contributed by atoms with Crippen molar-refractivity contribution < 1.29 is 14.6 Å². The van der Waals surface area contributed by atoms with Gasteiger partial charge >= 0.3 is 0 Å². The number of rotatable bonds is 0. The van der Waals surface area contributed by atoms with E-state index >= 15 is 0 Å². The number of ether oxygens (including phenoxy) is 2. The monoisotopic (exact) mass is 182 g/mol. The van der Waals surface area contributed by atoms with E-state index in [-0.39, 0.29) is 24.2 Å². The molecular weight excluding hydrogens is 168 g/mol. The molecule has 2 rings (SSSR count). The molecule has 72 valence electrons. The molecule has 0 spiro atoms. The van der Waals surface area contributed by atoms with E-state index in [1.54, 1.807) is 0 Å². The molecule has 2 aliphatic heterocycles. The van der Waals surface area contributed by atoms with Gasteiger partial charge in [-0.25, -0.2) is 0 Å². The van der Waals surface area contributed by atoms with Crippen molar-refractivity contribution >= 4 is 0 Å². The van der Waals surface area contributed by atoms with Crippen LogP contribution in [0.15, 0.2) is 0 Å². The maximum Gasteiger partial charge on any atom is 0.144 e. The predicted molar refractivity (Wildman–Crippen MR) is 47.0 cm³/mol. The normalized spacial score (nSPS) is 49.8. The van der Waals surface area contributed by atoms with Crippen molar-refractivity contribution in [3.05, 3.63) is 0 Å². The number of fused-ring (bicyclic) bond motifs is 2. The molecule has 5 unspecified atom stereocenters. The number of hydrogen-bond donors (Lipinski definition) is 1. The first-order chi connectivity index (χ1) is 6.22. The molecule has 0 saturated carbocycles. The second kappa shape index (κ2) is 3.30. The fourth-order valence-corrected chi connectivity index (χ4v) is 1.95. The third kappa shape index (κ3) is 1.46. The summed E-state index contributed by atoms with van der Waals surface area (Å²) in [6.07, 6.45) is 5.51. The van der Waals surface area contributed by atoms with E-state index in [2.05, 4.69) is 5.92 Å². The summed E-state index contributed by atoms with van der Waals surface area (Å²) < 4.78 is 11.0. The van der Waals surface area contributed by atoms with Gasteiger partial charge in [-0.05, 0) is 0 Å². The summed E-state index contributed by atoms with van der Waals surface area (Å²) in [5, 5.41) is 9.58. The molecule has 2 heterocycles. The molecule has 0 aromatic carbocycles. The Hall–Kier alpha value is -0.560. The van der Waals surface area contributed by atoms with E-state index in [9.17, 15) is 5.11 Å². The van der Waals surface area contributed by atoms with Crippen LogP contribution in [0.1, 0.15) is 13.3 Å². The largest absolute Gasteiger partial charge is 0.390 e. The Morgan fingerprint density at radius 1 is 1.46 bits per heavy atom. The van der Waals surface area contributed by atoms with Crippen LogP contribution in [0.25, 0.3) is 0 Å². The Balaban J connectivity index is 2.12. The topological polar surface area (TPSA) is 38.7 Å². The van der Waals surface area contributed by atoms with Crippen molar-refractivity contribution in [3.63, 3.8) is 0 Å². The maximum atomic E-state index is 9.58. The van der Waals surface area contributed by atoms with Crippen LogP contribution in [0.2, 0.25) is 0 Å². The summed E-state index contributed by atoms with van der Waals surface area (Å²) in [5.41, 5.74) is 0. The summed E-state index contributed by atoms with van der Waals surface area (Å²) in [4.78, 5) is 0. The third-order valence-corrected chi connectivity index (χ3v) is 2.96. The molecule has 2 saturated heterocycles. The Labute approximate surface area is 78.0 Å². The van der Waals surface area contributed by atoms with Crippen LogP contribution >= 0.6 is 0 Å². The van der Waals surface area contributed by atoms with Gasteiger partial charge < -0.3 is 14.6 Å². The summed E-state index contributed by atoms with van der Waals surface area (Å²) in [7, 11) is 0. The lowest BCUT2D eigenvalue weighted by Gasteiger charge is -2.24. The highest BCUT2D eigenvalue weighted by Gasteiger charge is 2.42.